The summed E-state index contributed by atoms with van der Waals surface area (Å²) in [6.07, 6.45) is 0. The highest BCUT2D eigenvalue weighted by molar-refractivity contribution is 7.86. The van der Waals surface area contributed by atoms with Gasteiger partial charge in [0.2, 0.25) is 17.8 Å². The van der Waals surface area contributed by atoms with Gasteiger partial charge in [0.1, 0.15) is 37.8 Å². The van der Waals surface area contributed by atoms with Gasteiger partial charge in [0.25, 0.3) is 10.1 Å². The van der Waals surface area contributed by atoms with Crippen LogP contribution in [0, 0.1) is 13.8 Å². The van der Waals surface area contributed by atoms with Crippen LogP contribution >= 0.6 is 22.7 Å². The molecule has 9 rings (SSSR count). The van der Waals surface area contributed by atoms with Gasteiger partial charge in [0.15, 0.2) is 0 Å². The van der Waals surface area contributed by atoms with Gasteiger partial charge in [0, 0.05) is 62.5 Å². The third-order valence-electron chi connectivity index (χ3n) is 13.2. The molecule has 0 bridgehead atoms. The van der Waals surface area contributed by atoms with Gasteiger partial charge in [-0.15, -0.1) is 45.5 Å². The summed E-state index contributed by atoms with van der Waals surface area (Å²) in [5.74, 6) is 1.47. The SMILES string of the molecule is CCN(CC)c1cc(Nc2nc(Nc3cc(N(CC)CC)c(OC)cc3N=Nc3ccc(-c4nc5ccc(C)c(S(=O)(=O)O)c5s4)cc3)nc(N(CCO)CCO)n2)c(N=Nc2ccc(-c3nc4ccc(C)cc4s3)cc2)cc1OC.O=S(=O)=O. The van der Waals surface area contributed by atoms with Crippen molar-refractivity contribution in [1.29, 1.82) is 0 Å². The predicted molar refractivity (Wildman–Crippen MR) is 333 cm³/mol. The Morgan fingerprint density at radius 2 is 1.04 bits per heavy atom. The molecular formula is C57H62N14O10S4. The van der Waals surface area contributed by atoms with Crippen LogP contribution < -0.4 is 34.8 Å². The minimum atomic E-state index is -4.49. The Morgan fingerprint density at radius 3 is 1.48 bits per heavy atom. The van der Waals surface area contributed by atoms with Crippen molar-refractivity contribution < 1.29 is 45.3 Å². The van der Waals surface area contributed by atoms with E-state index >= 15 is 0 Å². The molecule has 0 aliphatic rings. The van der Waals surface area contributed by atoms with Crippen LogP contribution in [0.4, 0.5) is 63.3 Å². The van der Waals surface area contributed by atoms with E-state index in [-0.39, 0.29) is 49.0 Å². The van der Waals surface area contributed by atoms with Crippen LogP contribution in [0.15, 0.2) is 128 Å². The van der Waals surface area contributed by atoms with E-state index in [1.807, 2.05) is 74.5 Å². The molecule has 28 heteroatoms. The summed E-state index contributed by atoms with van der Waals surface area (Å²) >= 11 is 2.81. The molecule has 24 nitrogen and oxygen atoms in total. The Bertz CT molecular complexity index is 4110. The molecule has 5 N–H and O–H groups in total. The van der Waals surface area contributed by atoms with Crippen molar-refractivity contribution in [2.24, 2.45) is 20.5 Å². The molecule has 0 unspecified atom stereocenters. The number of rotatable bonds is 24. The summed E-state index contributed by atoms with van der Waals surface area (Å²) in [6.45, 7) is 14.3. The number of hydrogen-bond acceptors (Lipinski definition) is 25. The van der Waals surface area contributed by atoms with Gasteiger partial charge in [-0.05, 0) is 132 Å². The molecule has 0 amide bonds. The second-order valence-electron chi connectivity index (χ2n) is 18.6. The quantitative estimate of drug-likeness (QED) is 0.0277. The number of benzene rings is 6. The van der Waals surface area contributed by atoms with Crippen LogP contribution in [0.1, 0.15) is 38.8 Å². The molecule has 0 saturated carbocycles. The first kappa shape index (κ1) is 62.4. The number of ether oxygens (including phenoxy) is 2. The van der Waals surface area contributed by atoms with Crippen molar-refractivity contribution >= 4 is 127 Å². The molecule has 0 fully saturated rings. The monoisotopic (exact) mass is 1230 g/mol. The Kier molecular flexibility index (Phi) is 20.8. The zero-order valence-corrected chi connectivity index (χ0v) is 50.9. The molecule has 0 radical (unpaired) electrons. The number of anilines is 7. The number of azo groups is 2. The molecule has 0 atom stereocenters. The molecule has 0 spiro atoms. The van der Waals surface area contributed by atoms with Crippen LogP contribution in [0.3, 0.4) is 0 Å². The van der Waals surface area contributed by atoms with E-state index in [0.717, 1.165) is 32.2 Å². The lowest BCUT2D eigenvalue weighted by molar-refractivity contribution is 0.280. The number of thiazole rings is 2. The van der Waals surface area contributed by atoms with Crippen molar-refractivity contribution in [2.45, 2.75) is 46.4 Å². The molecule has 0 aliphatic heterocycles. The fourth-order valence-corrected chi connectivity index (χ4v) is 12.5. The Morgan fingerprint density at radius 1 is 0.576 bits per heavy atom. The minimum absolute atomic E-state index is 0.0898. The van der Waals surface area contributed by atoms with Crippen LogP contribution in [-0.4, -0.2) is 127 Å². The Labute approximate surface area is 500 Å². The van der Waals surface area contributed by atoms with E-state index in [0.29, 0.717) is 98.2 Å². The lowest BCUT2D eigenvalue weighted by Crippen LogP contribution is -2.31. The van der Waals surface area contributed by atoms with E-state index in [2.05, 4.69) is 68.5 Å². The zero-order valence-electron chi connectivity index (χ0n) is 47.7. The highest BCUT2D eigenvalue weighted by Gasteiger charge is 2.23. The summed E-state index contributed by atoms with van der Waals surface area (Å²) in [4.78, 5) is 29.9. The number of hydrogen-bond donors (Lipinski definition) is 5. The molecule has 3 aromatic heterocycles. The van der Waals surface area contributed by atoms with Crippen molar-refractivity contribution in [3.05, 3.63) is 114 Å². The number of aliphatic hydroxyl groups excluding tert-OH is 2. The summed E-state index contributed by atoms with van der Waals surface area (Å²) < 4.78 is 73.3. The normalized spacial score (nSPS) is 11.5. The first-order valence-corrected chi connectivity index (χ1v) is 30.7. The van der Waals surface area contributed by atoms with E-state index in [9.17, 15) is 23.2 Å². The second kappa shape index (κ2) is 28.3. The highest BCUT2D eigenvalue weighted by Crippen LogP contribution is 2.44. The van der Waals surface area contributed by atoms with Crippen molar-refractivity contribution in [3.8, 4) is 32.6 Å². The van der Waals surface area contributed by atoms with Gasteiger partial charge in [0.05, 0.1) is 82.0 Å². The maximum atomic E-state index is 12.3. The lowest BCUT2D eigenvalue weighted by atomic mass is 10.2. The highest BCUT2D eigenvalue weighted by atomic mass is 32.2. The van der Waals surface area contributed by atoms with Crippen LogP contribution in [0.5, 0.6) is 11.5 Å². The van der Waals surface area contributed by atoms with Gasteiger partial charge >= 0.3 is 10.6 Å². The van der Waals surface area contributed by atoms with E-state index in [4.69, 9.17) is 52.3 Å². The maximum Gasteiger partial charge on any atom is 0.425 e. The molecule has 0 aliphatic carbocycles. The first-order chi connectivity index (χ1) is 40.9. The lowest BCUT2D eigenvalue weighted by Gasteiger charge is -2.25. The van der Waals surface area contributed by atoms with Crippen LogP contribution in [0.2, 0.25) is 0 Å². The maximum absolute atomic E-state index is 12.3. The summed E-state index contributed by atoms with van der Waals surface area (Å²) in [5, 5.41) is 47.4. The van der Waals surface area contributed by atoms with E-state index in [1.54, 1.807) is 67.7 Å². The van der Waals surface area contributed by atoms with E-state index in [1.165, 1.54) is 16.9 Å². The van der Waals surface area contributed by atoms with Crippen molar-refractivity contribution in [2.75, 3.05) is 92.0 Å². The minimum Gasteiger partial charge on any atom is -0.494 e. The molecule has 444 valence electrons. The van der Waals surface area contributed by atoms with Gasteiger partial charge in [-0.3, -0.25) is 4.55 Å². The van der Waals surface area contributed by atoms with Gasteiger partial charge in [-0.1, -0.05) is 12.1 Å². The number of fused-ring (bicyclic) bond motifs is 2. The predicted octanol–water partition coefficient (Wildman–Crippen LogP) is 12.1. The number of aromatic nitrogens is 5. The summed E-state index contributed by atoms with van der Waals surface area (Å²) in [7, 11) is -4.40. The molecule has 6 aromatic carbocycles. The molecule has 0 saturated heterocycles. The molecule has 85 heavy (non-hydrogen) atoms. The van der Waals surface area contributed by atoms with Crippen LogP contribution in [0.25, 0.3) is 41.6 Å². The van der Waals surface area contributed by atoms with Gasteiger partial charge in [-0.2, -0.15) is 33.6 Å². The third kappa shape index (κ3) is 15.2. The molecule has 9 aromatic rings. The van der Waals surface area contributed by atoms with Gasteiger partial charge in [-0.25, -0.2) is 9.97 Å². The second-order valence-corrected chi connectivity index (χ2v) is 22.4. The fraction of sp³-hybridized carbons (Fsp3) is 0.281. The van der Waals surface area contributed by atoms with Crippen molar-refractivity contribution in [3.63, 3.8) is 0 Å². The molecular weight excluding hydrogens is 1170 g/mol. The number of nitrogens with zero attached hydrogens (tertiary/aromatic N) is 12. The number of aliphatic hydroxyl groups is 2. The Balaban J connectivity index is 0.00000228. The largest absolute Gasteiger partial charge is 0.494 e. The smallest absolute Gasteiger partial charge is 0.425 e. The Hall–Kier alpha value is -8.64. The summed E-state index contributed by atoms with van der Waals surface area (Å²) in [5.41, 5.74) is 9.10. The first-order valence-electron chi connectivity index (χ1n) is 26.7. The van der Waals surface area contributed by atoms with E-state index < -0.39 is 20.7 Å². The average Bonchev–Trinajstić information content (AvgIpc) is 4.25. The number of nitrogens with one attached hydrogen (secondary N) is 2. The molecule has 3 heterocycles. The topological polar surface area (TPSA) is 312 Å². The van der Waals surface area contributed by atoms with Gasteiger partial charge < -0.3 is 45.0 Å². The van der Waals surface area contributed by atoms with Crippen LogP contribution in [-0.2, 0) is 20.7 Å². The number of methoxy groups -OCH3 is 2. The zero-order chi connectivity index (χ0) is 61.0. The third-order valence-corrected chi connectivity index (χ3v) is 16.6. The average molecular weight is 1230 g/mol. The number of aryl methyl sites for hydroxylation is 2. The van der Waals surface area contributed by atoms with Crippen molar-refractivity contribution in [1.82, 2.24) is 24.9 Å². The standard InChI is InChI=1S/C57H62N14O7S3.O3S/c1-9-69(10-2)46-30-42(44(32-48(46)77-7)67-65-38-19-15-36(16-20-38)53-58-40-23-13-34(5)29-50(40)79-53)60-55-62-56(64-57(63-55)71(25-27-72)26-28-73)61-43-31-47(70(11-3)12-4)49(78-8)33-45(43)68-66-39-21-17-37(18-22-39)54-59-41-24-14-35(6)52(51(41)80-54)81(74,75)76;1-4(2)3/h13-24,29-33,72-73H,9-12,25-28H2,1-8H3,(H,74,75,76)(H2,60,61,62,63,64);. The summed E-state index contributed by atoms with van der Waals surface area (Å²) in [6, 6.07) is 31.9. The fourth-order valence-electron chi connectivity index (χ4n) is 9.07.